The predicted molar refractivity (Wildman–Crippen MR) is 123 cm³/mol. The normalized spacial score (nSPS) is 16.6. The Kier molecular flexibility index (Phi) is 5.11. The quantitative estimate of drug-likeness (QED) is 0.560. The minimum Gasteiger partial charge on any atom is -0.338 e. The van der Waals surface area contributed by atoms with E-state index in [0.717, 1.165) is 49.5 Å². The number of amides is 1. The smallest absolute Gasteiger partial charge is 0.263 e. The number of nitrogens with zero attached hydrogens (tertiary/aromatic N) is 3. The van der Waals surface area contributed by atoms with Crippen molar-refractivity contribution in [1.82, 2.24) is 19.7 Å². The van der Waals surface area contributed by atoms with Crippen LogP contribution in [0.15, 0.2) is 30.3 Å². The molecule has 3 aromatic rings. The molecule has 1 fully saturated rings. The van der Waals surface area contributed by atoms with Gasteiger partial charge in [0.15, 0.2) is 4.77 Å². The maximum absolute atomic E-state index is 13.2. The summed E-state index contributed by atoms with van der Waals surface area (Å²) >= 11 is 7.06. The van der Waals surface area contributed by atoms with Crippen LogP contribution in [-0.2, 0) is 12.8 Å². The summed E-state index contributed by atoms with van der Waals surface area (Å²) in [5.74, 6) is 1.55. The standard InChI is InChI=1S/C23H26N4OS2/c1-14(2)27-21(24-25-23(27)29)16-9-11-26(12-10-16)22(28)19-13-17-8-7-15-5-3-4-6-18(15)20(17)30-19/h3-6,13-14,16H,7-12H2,1-2H3,(H,25,29). The molecule has 2 aromatic heterocycles. The number of aryl methyl sites for hydroxylation is 2. The Morgan fingerprint density at radius 3 is 2.70 bits per heavy atom. The molecule has 0 radical (unpaired) electrons. The lowest BCUT2D eigenvalue weighted by atomic mass is 9.91. The summed E-state index contributed by atoms with van der Waals surface area (Å²) in [5.41, 5.74) is 4.02. The van der Waals surface area contributed by atoms with Crippen LogP contribution in [0, 0.1) is 4.77 Å². The van der Waals surface area contributed by atoms with Gasteiger partial charge in [-0.2, -0.15) is 5.10 Å². The van der Waals surface area contributed by atoms with Crippen LogP contribution in [0.3, 0.4) is 0 Å². The zero-order chi connectivity index (χ0) is 20.8. The van der Waals surface area contributed by atoms with Gasteiger partial charge in [-0.25, -0.2) is 0 Å². The highest BCUT2D eigenvalue weighted by molar-refractivity contribution is 7.71. The molecule has 0 bridgehead atoms. The molecule has 1 N–H and O–H groups in total. The van der Waals surface area contributed by atoms with Gasteiger partial charge >= 0.3 is 0 Å². The van der Waals surface area contributed by atoms with E-state index in [4.69, 9.17) is 12.2 Å². The lowest BCUT2D eigenvalue weighted by molar-refractivity contribution is 0.0714. The van der Waals surface area contributed by atoms with Gasteiger partial charge in [0.05, 0.1) is 4.88 Å². The number of fused-ring (bicyclic) bond motifs is 3. The van der Waals surface area contributed by atoms with E-state index < -0.39 is 0 Å². The molecular formula is C23H26N4OS2. The van der Waals surface area contributed by atoms with Crippen LogP contribution in [-0.4, -0.2) is 38.7 Å². The van der Waals surface area contributed by atoms with Gasteiger partial charge in [0.25, 0.3) is 5.91 Å². The van der Waals surface area contributed by atoms with Crippen molar-refractivity contribution in [2.75, 3.05) is 13.1 Å². The Hall–Kier alpha value is -2.25. The van der Waals surface area contributed by atoms with Crippen molar-refractivity contribution >= 4 is 29.5 Å². The number of thiophene rings is 1. The largest absolute Gasteiger partial charge is 0.338 e. The Morgan fingerprint density at radius 2 is 1.93 bits per heavy atom. The Labute approximate surface area is 185 Å². The average Bonchev–Trinajstić information content (AvgIpc) is 3.37. The minimum absolute atomic E-state index is 0.174. The summed E-state index contributed by atoms with van der Waals surface area (Å²) < 4.78 is 2.80. The van der Waals surface area contributed by atoms with Crippen molar-refractivity contribution in [1.29, 1.82) is 0 Å². The first-order chi connectivity index (χ1) is 14.5. The molecule has 5 nitrogen and oxygen atoms in total. The second kappa shape index (κ2) is 7.78. The van der Waals surface area contributed by atoms with Crippen molar-refractivity contribution in [3.63, 3.8) is 0 Å². The van der Waals surface area contributed by atoms with Gasteiger partial charge in [-0.15, -0.1) is 11.3 Å². The van der Waals surface area contributed by atoms with Gasteiger partial charge in [-0.1, -0.05) is 24.3 Å². The maximum Gasteiger partial charge on any atom is 0.263 e. The molecule has 1 aliphatic carbocycles. The second-order valence-corrected chi connectivity index (χ2v) is 9.98. The van der Waals surface area contributed by atoms with E-state index in [9.17, 15) is 4.79 Å². The number of hydrogen-bond acceptors (Lipinski definition) is 4. The van der Waals surface area contributed by atoms with E-state index >= 15 is 0 Å². The molecule has 156 valence electrons. The van der Waals surface area contributed by atoms with Crippen molar-refractivity contribution in [3.05, 3.63) is 56.9 Å². The SMILES string of the molecule is CC(C)n1c(C2CCN(C(=O)c3cc4c(s3)-c3ccccc3CC4)CC2)n[nH]c1=S. The number of carbonyl (C=O) groups excluding carboxylic acids is 1. The molecule has 30 heavy (non-hydrogen) atoms. The van der Waals surface area contributed by atoms with E-state index in [0.29, 0.717) is 10.7 Å². The maximum atomic E-state index is 13.2. The number of likely N-dealkylation sites (tertiary alicyclic amines) is 1. The summed E-state index contributed by atoms with van der Waals surface area (Å²) in [6, 6.07) is 11.0. The average molecular weight is 439 g/mol. The lowest BCUT2D eigenvalue weighted by Gasteiger charge is -2.31. The van der Waals surface area contributed by atoms with E-state index in [1.54, 1.807) is 11.3 Å². The zero-order valence-corrected chi connectivity index (χ0v) is 19.0. The van der Waals surface area contributed by atoms with E-state index in [2.05, 4.69) is 58.9 Å². The van der Waals surface area contributed by atoms with Crippen molar-refractivity contribution in [2.45, 2.75) is 51.5 Å². The number of nitrogens with one attached hydrogen (secondary N) is 1. The fraction of sp³-hybridized carbons (Fsp3) is 0.435. The van der Waals surface area contributed by atoms with Crippen molar-refractivity contribution in [2.24, 2.45) is 0 Å². The van der Waals surface area contributed by atoms with Gasteiger partial charge < -0.3 is 9.47 Å². The van der Waals surface area contributed by atoms with E-state index in [1.807, 2.05) is 4.90 Å². The summed E-state index contributed by atoms with van der Waals surface area (Å²) in [4.78, 5) is 17.4. The number of hydrogen-bond donors (Lipinski definition) is 1. The highest BCUT2D eigenvalue weighted by Crippen LogP contribution is 2.40. The monoisotopic (exact) mass is 438 g/mol. The van der Waals surface area contributed by atoms with Gasteiger partial charge in [-0.3, -0.25) is 9.89 Å². The molecule has 1 amide bonds. The van der Waals surface area contributed by atoms with Gasteiger partial charge in [0.2, 0.25) is 0 Å². The number of carbonyl (C=O) groups is 1. The number of H-pyrrole nitrogens is 1. The Balaban J connectivity index is 1.32. The first kappa shape index (κ1) is 19.7. The lowest BCUT2D eigenvalue weighted by Crippen LogP contribution is -2.38. The molecule has 1 aliphatic heterocycles. The molecule has 3 heterocycles. The van der Waals surface area contributed by atoms with Crippen molar-refractivity contribution < 1.29 is 4.79 Å². The third kappa shape index (κ3) is 3.34. The fourth-order valence-electron chi connectivity index (χ4n) is 4.78. The zero-order valence-electron chi connectivity index (χ0n) is 17.4. The number of aromatic amines is 1. The van der Waals surface area contributed by atoms with Crippen LogP contribution in [0.5, 0.6) is 0 Å². The van der Waals surface area contributed by atoms with E-state index in [1.165, 1.54) is 21.6 Å². The van der Waals surface area contributed by atoms with Crippen LogP contribution in [0.2, 0.25) is 0 Å². The first-order valence-electron chi connectivity index (χ1n) is 10.7. The van der Waals surface area contributed by atoms with Crippen molar-refractivity contribution in [3.8, 4) is 10.4 Å². The summed E-state index contributed by atoms with van der Waals surface area (Å²) in [7, 11) is 0. The molecule has 1 aromatic carbocycles. The number of rotatable bonds is 3. The molecule has 0 spiro atoms. The van der Waals surface area contributed by atoms with E-state index in [-0.39, 0.29) is 11.9 Å². The Bertz CT molecular complexity index is 1150. The summed E-state index contributed by atoms with van der Waals surface area (Å²) in [5, 5.41) is 7.45. The third-order valence-electron chi connectivity index (χ3n) is 6.34. The molecule has 7 heteroatoms. The molecular weight excluding hydrogens is 412 g/mol. The topological polar surface area (TPSA) is 53.9 Å². The summed E-state index contributed by atoms with van der Waals surface area (Å²) in [6.45, 7) is 5.79. The molecule has 0 unspecified atom stereocenters. The van der Waals surface area contributed by atoms with Gasteiger partial charge in [-0.05, 0) is 74.5 Å². The second-order valence-electron chi connectivity index (χ2n) is 8.54. The highest BCUT2D eigenvalue weighted by Gasteiger charge is 2.30. The molecule has 5 rings (SSSR count). The molecule has 2 aliphatic rings. The molecule has 0 atom stereocenters. The fourth-order valence-corrected chi connectivity index (χ4v) is 6.37. The minimum atomic E-state index is 0.174. The first-order valence-corrected chi connectivity index (χ1v) is 11.9. The van der Waals surface area contributed by atoms with Crippen LogP contribution >= 0.6 is 23.6 Å². The predicted octanol–water partition coefficient (Wildman–Crippen LogP) is 5.37. The number of benzene rings is 1. The Morgan fingerprint density at radius 1 is 1.20 bits per heavy atom. The van der Waals surface area contributed by atoms with Crippen LogP contribution < -0.4 is 0 Å². The molecule has 1 saturated heterocycles. The van der Waals surface area contributed by atoms with Crippen LogP contribution in [0.25, 0.3) is 10.4 Å². The van der Waals surface area contributed by atoms with Gasteiger partial charge in [0, 0.05) is 29.9 Å². The van der Waals surface area contributed by atoms with Crippen LogP contribution in [0.4, 0.5) is 0 Å². The summed E-state index contributed by atoms with van der Waals surface area (Å²) in [6.07, 6.45) is 3.93. The molecule has 0 saturated carbocycles. The van der Waals surface area contributed by atoms with Gasteiger partial charge in [0.1, 0.15) is 5.82 Å². The third-order valence-corrected chi connectivity index (χ3v) is 7.83. The highest BCUT2D eigenvalue weighted by atomic mass is 32.1. The number of aromatic nitrogens is 3. The number of piperidine rings is 1. The van der Waals surface area contributed by atoms with Crippen LogP contribution in [0.1, 0.15) is 65.3 Å².